The van der Waals surface area contributed by atoms with Crippen molar-refractivity contribution in [1.82, 2.24) is 9.80 Å². The summed E-state index contributed by atoms with van der Waals surface area (Å²) in [6.45, 7) is 3.52. The van der Waals surface area contributed by atoms with E-state index in [9.17, 15) is 19.2 Å². The quantitative estimate of drug-likeness (QED) is 0.783. The molecule has 124 valence electrons. The van der Waals surface area contributed by atoms with E-state index in [0.717, 1.165) is 0 Å². The van der Waals surface area contributed by atoms with Gasteiger partial charge in [0.15, 0.2) is 9.74 Å². The number of thioether (sulfide) groups is 1. The zero-order chi connectivity index (χ0) is 17.5. The number of likely N-dealkylation sites (N-methyl/N-ethyl adjacent to an activating group) is 1. The van der Waals surface area contributed by atoms with Gasteiger partial charge in [0.2, 0.25) is 0 Å². The first-order chi connectivity index (χ1) is 11.2. The van der Waals surface area contributed by atoms with Gasteiger partial charge in [-0.3, -0.25) is 9.59 Å². The van der Waals surface area contributed by atoms with Crippen molar-refractivity contribution in [2.45, 2.75) is 36.1 Å². The van der Waals surface area contributed by atoms with Crippen LogP contribution in [0.2, 0.25) is 0 Å². The second-order valence-corrected chi connectivity index (χ2v) is 8.74. The first kappa shape index (κ1) is 15.5. The van der Waals surface area contributed by atoms with E-state index in [2.05, 4.69) is 6.07 Å². The number of nitrogens with zero attached hydrogens (tertiary/aromatic N) is 3. The molecule has 0 radical (unpaired) electrons. The van der Waals surface area contributed by atoms with Crippen LogP contribution in [-0.4, -0.2) is 38.4 Å². The zero-order valence-corrected chi connectivity index (χ0v) is 14.4. The van der Waals surface area contributed by atoms with Gasteiger partial charge in [-0.15, -0.1) is 0 Å². The summed E-state index contributed by atoms with van der Waals surface area (Å²) >= 11 is 1.32. The Morgan fingerprint density at radius 3 is 2.46 bits per heavy atom. The Balaban J connectivity index is 1.92. The minimum absolute atomic E-state index is 0.138. The molecule has 0 N–H and O–H groups in total. The van der Waals surface area contributed by atoms with Crippen LogP contribution < -0.4 is 0 Å². The van der Waals surface area contributed by atoms with Crippen molar-refractivity contribution in [3.63, 3.8) is 0 Å². The number of nitriles is 1. The van der Waals surface area contributed by atoms with E-state index in [1.807, 2.05) is 0 Å². The van der Waals surface area contributed by atoms with E-state index in [0.29, 0.717) is 5.56 Å². The van der Waals surface area contributed by atoms with Crippen LogP contribution in [0.1, 0.15) is 31.9 Å². The molecule has 1 aromatic rings. The average molecular weight is 345 g/mol. The molecule has 3 fully saturated rings. The fourth-order valence-corrected chi connectivity index (χ4v) is 6.23. The standard InChI is InChI=1S/C17H16FN3O2S/c1-15(9-19)8-17-14(23)20(3)16(2,24-17)13(22)21(17)12(15)10-4-6-11(18)7-5-10/h4-7,12H,8H2,1-3H3/t12-,15+,16-,17-/m0/s1. The summed E-state index contributed by atoms with van der Waals surface area (Å²) in [5, 5.41) is 9.80. The number of rotatable bonds is 1. The maximum atomic E-state index is 13.3. The molecule has 0 saturated carbocycles. The highest BCUT2D eigenvalue weighted by Crippen LogP contribution is 2.69. The molecule has 1 spiro atoms. The fourth-order valence-electron chi connectivity index (χ4n) is 4.29. The van der Waals surface area contributed by atoms with Crippen molar-refractivity contribution >= 4 is 23.6 Å². The van der Waals surface area contributed by atoms with E-state index in [-0.39, 0.29) is 24.1 Å². The number of amides is 2. The predicted molar refractivity (Wildman–Crippen MR) is 85.8 cm³/mol. The van der Waals surface area contributed by atoms with Crippen LogP contribution in [0.4, 0.5) is 4.39 Å². The topological polar surface area (TPSA) is 64.4 Å². The molecule has 3 aliphatic heterocycles. The largest absolute Gasteiger partial charge is 0.320 e. The van der Waals surface area contributed by atoms with Crippen LogP contribution in [0.3, 0.4) is 0 Å². The molecule has 3 heterocycles. The van der Waals surface area contributed by atoms with Gasteiger partial charge in [0, 0.05) is 13.5 Å². The lowest BCUT2D eigenvalue weighted by Crippen LogP contribution is -2.60. The second-order valence-electron chi connectivity index (χ2n) is 7.07. The van der Waals surface area contributed by atoms with Crippen molar-refractivity contribution in [1.29, 1.82) is 5.26 Å². The molecule has 0 aromatic heterocycles. The summed E-state index contributed by atoms with van der Waals surface area (Å²) in [7, 11) is 1.63. The summed E-state index contributed by atoms with van der Waals surface area (Å²) in [4.78, 5) is 27.1. The summed E-state index contributed by atoms with van der Waals surface area (Å²) in [6, 6.07) is 7.56. The van der Waals surface area contributed by atoms with Crippen LogP contribution in [0.25, 0.3) is 0 Å². The Morgan fingerprint density at radius 2 is 1.88 bits per heavy atom. The van der Waals surface area contributed by atoms with Gasteiger partial charge >= 0.3 is 0 Å². The summed E-state index contributed by atoms with van der Waals surface area (Å²) in [5.74, 6) is -0.680. The molecule has 0 aliphatic carbocycles. The van der Waals surface area contributed by atoms with Crippen molar-refractivity contribution in [2.75, 3.05) is 7.05 Å². The third-order valence-corrected chi connectivity index (χ3v) is 7.26. The Morgan fingerprint density at radius 1 is 1.25 bits per heavy atom. The Labute approximate surface area is 143 Å². The van der Waals surface area contributed by atoms with E-state index >= 15 is 0 Å². The van der Waals surface area contributed by atoms with Crippen LogP contribution >= 0.6 is 11.8 Å². The van der Waals surface area contributed by atoms with E-state index < -0.39 is 21.2 Å². The normalized spacial score (nSPS) is 40.2. The maximum absolute atomic E-state index is 13.3. The molecule has 3 aliphatic rings. The first-order valence-electron chi connectivity index (χ1n) is 7.68. The molecular weight excluding hydrogens is 329 g/mol. The van der Waals surface area contributed by atoms with Gasteiger partial charge in [0.25, 0.3) is 11.8 Å². The van der Waals surface area contributed by atoms with Crippen LogP contribution in [0.15, 0.2) is 24.3 Å². The minimum Gasteiger partial charge on any atom is -0.320 e. The lowest BCUT2D eigenvalue weighted by Gasteiger charge is -2.40. The highest BCUT2D eigenvalue weighted by Gasteiger charge is 2.78. The van der Waals surface area contributed by atoms with E-state index in [1.165, 1.54) is 28.8 Å². The van der Waals surface area contributed by atoms with Gasteiger partial charge in [0.05, 0.1) is 17.5 Å². The number of carbonyl (C=O) groups is 2. The lowest BCUT2D eigenvalue weighted by atomic mass is 9.79. The van der Waals surface area contributed by atoms with E-state index in [4.69, 9.17) is 0 Å². The molecule has 7 heteroatoms. The summed E-state index contributed by atoms with van der Waals surface area (Å²) in [5.41, 5.74) is -0.235. The molecule has 0 unspecified atom stereocenters. The molecule has 3 saturated heterocycles. The average Bonchev–Trinajstić information content (AvgIpc) is 3.02. The number of carbonyl (C=O) groups excluding carboxylic acids is 2. The Hall–Kier alpha value is -2.07. The third-order valence-electron chi connectivity index (χ3n) is 5.56. The molecule has 24 heavy (non-hydrogen) atoms. The number of hydrogen-bond donors (Lipinski definition) is 0. The first-order valence-corrected chi connectivity index (χ1v) is 8.50. The monoisotopic (exact) mass is 345 g/mol. The van der Waals surface area contributed by atoms with Crippen molar-refractivity contribution in [2.24, 2.45) is 5.41 Å². The smallest absolute Gasteiger partial charge is 0.261 e. The zero-order valence-electron chi connectivity index (χ0n) is 13.5. The predicted octanol–water partition coefficient (Wildman–Crippen LogP) is 2.26. The second kappa shape index (κ2) is 4.31. The number of halogens is 1. The van der Waals surface area contributed by atoms with Gasteiger partial charge in [0.1, 0.15) is 5.82 Å². The number of piperazine rings is 1. The van der Waals surface area contributed by atoms with Crippen LogP contribution in [0, 0.1) is 22.6 Å². The third kappa shape index (κ3) is 1.50. The minimum atomic E-state index is -1.04. The molecule has 2 amide bonds. The maximum Gasteiger partial charge on any atom is 0.261 e. The van der Waals surface area contributed by atoms with Crippen LogP contribution in [-0.2, 0) is 9.59 Å². The van der Waals surface area contributed by atoms with Gasteiger partial charge < -0.3 is 9.80 Å². The summed E-state index contributed by atoms with van der Waals surface area (Å²) < 4.78 is 13.3. The number of hydrogen-bond acceptors (Lipinski definition) is 4. The molecular formula is C17H16FN3O2S. The van der Waals surface area contributed by atoms with Crippen molar-refractivity contribution < 1.29 is 14.0 Å². The molecule has 1 aromatic carbocycles. The summed E-state index contributed by atoms with van der Waals surface area (Å²) in [6.07, 6.45) is 0.272. The van der Waals surface area contributed by atoms with Crippen molar-refractivity contribution in [3.8, 4) is 6.07 Å². The molecule has 2 bridgehead atoms. The Kier molecular flexibility index (Phi) is 2.77. The number of fused-ring (bicyclic) bond motifs is 1. The highest BCUT2D eigenvalue weighted by molar-refractivity contribution is 8.04. The molecule has 4 atom stereocenters. The fraction of sp³-hybridized carbons (Fsp3) is 0.471. The molecule has 4 rings (SSSR count). The highest BCUT2D eigenvalue weighted by atomic mass is 32.2. The SMILES string of the molecule is CN1C(=O)[C@@]23C[C@](C)(C#N)[C@H](c4ccc(F)cc4)N2C(=O)[C@]1(C)S3. The van der Waals surface area contributed by atoms with E-state index in [1.54, 1.807) is 37.9 Å². The van der Waals surface area contributed by atoms with Crippen molar-refractivity contribution in [3.05, 3.63) is 35.6 Å². The van der Waals surface area contributed by atoms with Crippen LogP contribution in [0.5, 0.6) is 0 Å². The lowest BCUT2D eigenvalue weighted by molar-refractivity contribution is -0.159. The van der Waals surface area contributed by atoms with Gasteiger partial charge in [-0.05, 0) is 31.5 Å². The van der Waals surface area contributed by atoms with Gasteiger partial charge in [-0.1, -0.05) is 23.9 Å². The Bertz CT molecular complexity index is 822. The van der Waals surface area contributed by atoms with Gasteiger partial charge in [-0.25, -0.2) is 4.39 Å². The molecule has 5 nitrogen and oxygen atoms in total. The number of benzene rings is 1. The van der Waals surface area contributed by atoms with Gasteiger partial charge in [-0.2, -0.15) is 5.26 Å².